The van der Waals surface area contributed by atoms with Gasteiger partial charge in [-0.15, -0.1) is 0 Å². The van der Waals surface area contributed by atoms with Gasteiger partial charge in [-0.3, -0.25) is 0 Å². The minimum absolute atomic E-state index is 0.0219. The monoisotopic (exact) mass is 993 g/mol. The Morgan fingerprint density at radius 2 is 1.67 bits per heavy atom. The Labute approximate surface area is 306 Å². The third kappa shape index (κ3) is 19.0. The van der Waals surface area contributed by atoms with Gasteiger partial charge in [-0.2, -0.15) is 0 Å². The third-order valence-electron chi connectivity index (χ3n) is 6.14. The molecule has 1 rings (SSSR count). The molecule has 0 bridgehead atoms. The van der Waals surface area contributed by atoms with Crippen molar-refractivity contribution in [3.05, 3.63) is 11.1 Å². The Bertz CT molecular complexity index is 1120. The topological polar surface area (TPSA) is 217 Å². The molecule has 17 nitrogen and oxygen atoms in total. The molecular formula is C25H39Ga2I2N5O12. The summed E-state index contributed by atoms with van der Waals surface area (Å²) >= 11 is -0.250. The van der Waals surface area contributed by atoms with Crippen molar-refractivity contribution in [2.24, 2.45) is 0 Å². The smallest absolute Gasteiger partial charge is 0.386 e. The number of cyclic esters (lactones) is 2. The SMILES string of the molecule is CC(=O)[NH][GaH][O]CCN(CCOI)C(=O)C(CCC(=O)NCCOCC[O][Ga]([I])[NH]C(C)=O)NC(=O)CCC1=C(C)C(=O)OC1=O. The first-order chi connectivity index (χ1) is 21.8. The molecule has 0 spiro atoms. The van der Waals surface area contributed by atoms with E-state index in [4.69, 9.17) is 14.9 Å². The van der Waals surface area contributed by atoms with Gasteiger partial charge >= 0.3 is 287 Å². The fraction of sp³-hybridized carbons (Fsp3) is 0.640. The molecule has 256 valence electrons. The van der Waals surface area contributed by atoms with Gasteiger partial charge in [-0.25, -0.2) is 9.59 Å². The number of halogens is 2. The first-order valence-corrected chi connectivity index (χ1v) is 27.5. The van der Waals surface area contributed by atoms with Crippen LogP contribution in [0.1, 0.15) is 46.5 Å². The van der Waals surface area contributed by atoms with Gasteiger partial charge in [0.05, 0.1) is 0 Å². The second-order valence-electron chi connectivity index (χ2n) is 9.71. The summed E-state index contributed by atoms with van der Waals surface area (Å²) in [5, 5.41) is 5.37. The number of hydrogen-bond donors (Lipinski definition) is 4. The Kier molecular flexibility index (Phi) is 23.2. The van der Waals surface area contributed by atoms with Gasteiger partial charge in [0.25, 0.3) is 0 Å². The van der Waals surface area contributed by atoms with E-state index in [1.54, 1.807) is 23.0 Å². The van der Waals surface area contributed by atoms with E-state index in [2.05, 4.69) is 43.1 Å². The molecule has 0 radical (unpaired) electrons. The molecule has 0 fully saturated rings. The molecule has 21 heteroatoms. The summed E-state index contributed by atoms with van der Waals surface area (Å²) in [4.78, 5) is 86.1. The van der Waals surface area contributed by atoms with Crippen LogP contribution in [0.3, 0.4) is 0 Å². The van der Waals surface area contributed by atoms with Crippen LogP contribution in [-0.2, 0) is 53.2 Å². The molecule has 46 heavy (non-hydrogen) atoms. The quantitative estimate of drug-likeness (QED) is 0.0294. The van der Waals surface area contributed by atoms with Crippen molar-refractivity contribution in [3.63, 3.8) is 0 Å². The zero-order valence-corrected chi connectivity index (χ0v) is 35.7. The van der Waals surface area contributed by atoms with Crippen molar-refractivity contribution in [2.75, 3.05) is 52.7 Å². The molecule has 0 aliphatic carbocycles. The van der Waals surface area contributed by atoms with Crippen molar-refractivity contribution >= 4 is 115 Å². The van der Waals surface area contributed by atoms with E-state index in [1.165, 1.54) is 25.7 Å². The number of nitrogens with zero attached hydrogens (tertiary/aromatic N) is 1. The third-order valence-corrected chi connectivity index (χ3v) is 14.9. The van der Waals surface area contributed by atoms with E-state index in [9.17, 15) is 33.6 Å². The maximum absolute atomic E-state index is 13.6. The summed E-state index contributed by atoms with van der Waals surface area (Å²) < 4.78 is 31.6. The van der Waals surface area contributed by atoms with Crippen LogP contribution in [0.15, 0.2) is 11.1 Å². The zero-order valence-electron chi connectivity index (χ0n) is 25.9. The van der Waals surface area contributed by atoms with E-state index in [1.807, 2.05) is 0 Å². The number of carbonyl (C=O) groups excluding carboxylic acids is 7. The van der Waals surface area contributed by atoms with Crippen molar-refractivity contribution in [1.82, 2.24) is 23.6 Å². The summed E-state index contributed by atoms with van der Waals surface area (Å²) in [6.45, 7) is 6.01. The number of carbonyl (C=O) groups is 7. The van der Waals surface area contributed by atoms with E-state index in [0.717, 1.165) is 0 Å². The van der Waals surface area contributed by atoms with Gasteiger partial charge in [-0.05, 0) is 6.92 Å². The van der Waals surface area contributed by atoms with Crippen molar-refractivity contribution in [1.29, 1.82) is 0 Å². The summed E-state index contributed by atoms with van der Waals surface area (Å²) in [6.07, 6.45) is -0.357. The van der Waals surface area contributed by atoms with Crippen molar-refractivity contribution in [3.8, 4) is 0 Å². The molecule has 1 aliphatic heterocycles. The molecule has 4 N–H and O–H groups in total. The average molecular weight is 995 g/mol. The zero-order chi connectivity index (χ0) is 34.5. The van der Waals surface area contributed by atoms with Crippen LogP contribution in [0.25, 0.3) is 0 Å². The molecular weight excluding hydrogens is 956 g/mol. The van der Waals surface area contributed by atoms with Crippen LogP contribution >= 0.6 is 42.7 Å². The van der Waals surface area contributed by atoms with Crippen LogP contribution in [0.5, 0.6) is 0 Å². The first kappa shape index (κ1) is 42.8. The van der Waals surface area contributed by atoms with Crippen LogP contribution in [0, 0.1) is 0 Å². The second kappa shape index (κ2) is 24.9. The number of amides is 5. The number of nitrogens with one attached hydrogen (secondary N) is 4. The number of hydrogen-bond acceptors (Lipinski definition) is 12. The Morgan fingerprint density at radius 3 is 2.30 bits per heavy atom. The molecule has 0 saturated carbocycles. The molecule has 0 saturated heterocycles. The molecule has 0 aromatic carbocycles. The van der Waals surface area contributed by atoms with Gasteiger partial charge in [0, 0.05) is 0 Å². The summed E-state index contributed by atoms with van der Waals surface area (Å²) in [5.41, 5.74) is 0.234. The van der Waals surface area contributed by atoms with Crippen molar-refractivity contribution in [2.45, 2.75) is 52.5 Å². The van der Waals surface area contributed by atoms with E-state index >= 15 is 0 Å². The minimum Gasteiger partial charge on any atom is -0.386 e. The van der Waals surface area contributed by atoms with E-state index < -0.39 is 61.1 Å². The molecule has 5 amide bonds. The van der Waals surface area contributed by atoms with Gasteiger partial charge in [0.15, 0.2) is 0 Å². The molecule has 0 aromatic heterocycles. The van der Waals surface area contributed by atoms with Gasteiger partial charge < -0.3 is 4.74 Å². The number of ether oxygens (including phenoxy) is 2. The molecule has 1 unspecified atom stereocenters. The van der Waals surface area contributed by atoms with E-state index in [0.29, 0.717) is 13.2 Å². The van der Waals surface area contributed by atoms with Crippen LogP contribution in [0.2, 0.25) is 0 Å². The van der Waals surface area contributed by atoms with Crippen LogP contribution < -0.4 is 18.7 Å². The predicted molar refractivity (Wildman–Crippen MR) is 181 cm³/mol. The summed E-state index contributed by atoms with van der Waals surface area (Å²) in [7, 11) is 0. The fourth-order valence-corrected chi connectivity index (χ4v) is 10.3. The molecule has 0 aromatic rings. The normalized spacial score (nSPS) is 13.1. The first-order valence-electron chi connectivity index (χ1n) is 14.3. The number of rotatable bonds is 24. The molecule has 1 atom stereocenters. The van der Waals surface area contributed by atoms with Gasteiger partial charge in [0.2, 0.25) is 0 Å². The second-order valence-corrected chi connectivity index (χ2v) is 21.0. The standard InChI is InChI=1S/C21H30IN3O10.2C2H5NO.2Ga.HI.H/c1-14-15(21(32)35-20(14)31)2-4-18(29)24-16(19(30)25(7-9-26)8-12-34-22)3-5-17(28)23-6-11-33-13-10-27;2*1-2(3)4;;;;/h16H,2-13H2,1H3,(H,23,28)(H,24,29);2*1H3,(H2,3,4);;;1H;/q-2;;;+2;+3;;/p-3. The Hall–Kier alpha value is -1.20. The minimum atomic E-state index is -2.29. The average Bonchev–Trinajstić information content (AvgIpc) is 3.23. The van der Waals surface area contributed by atoms with Gasteiger partial charge in [-0.1, -0.05) is 0 Å². The van der Waals surface area contributed by atoms with Crippen molar-refractivity contribution < 1.29 is 53.2 Å². The predicted octanol–water partition coefficient (Wildman–Crippen LogP) is -1.25. The summed E-state index contributed by atoms with van der Waals surface area (Å²) in [6, 6.07) is -1.08. The van der Waals surface area contributed by atoms with Crippen LogP contribution in [-0.4, -0.2) is 136 Å². The summed E-state index contributed by atoms with van der Waals surface area (Å²) in [5.74, 6) is -3.26. The Balaban J connectivity index is 2.73. The Morgan fingerprint density at radius 1 is 0.957 bits per heavy atom. The molecule has 1 heterocycles. The van der Waals surface area contributed by atoms with E-state index in [-0.39, 0.29) is 94.0 Å². The maximum atomic E-state index is 13.6. The molecule has 1 aliphatic rings. The van der Waals surface area contributed by atoms with Gasteiger partial charge in [0.1, 0.15) is 0 Å². The van der Waals surface area contributed by atoms with Crippen LogP contribution in [0.4, 0.5) is 0 Å². The fourth-order valence-electron chi connectivity index (χ4n) is 3.79. The number of esters is 2.